The van der Waals surface area contributed by atoms with E-state index in [-0.39, 0.29) is 11.8 Å². The first-order chi connectivity index (χ1) is 14.9. The van der Waals surface area contributed by atoms with Gasteiger partial charge in [0.05, 0.1) is 5.69 Å². The summed E-state index contributed by atoms with van der Waals surface area (Å²) in [6.07, 6.45) is 0.175. The van der Waals surface area contributed by atoms with E-state index in [1.54, 1.807) is 18.7 Å². The number of amides is 2. The van der Waals surface area contributed by atoms with Crippen molar-refractivity contribution in [3.05, 3.63) is 41.9 Å². The van der Waals surface area contributed by atoms with Gasteiger partial charge in [-0.3, -0.25) is 14.5 Å². The van der Waals surface area contributed by atoms with Crippen LogP contribution in [0.1, 0.15) is 32.3 Å². The van der Waals surface area contributed by atoms with E-state index in [9.17, 15) is 9.59 Å². The van der Waals surface area contributed by atoms with Gasteiger partial charge in [-0.25, -0.2) is 9.97 Å². The van der Waals surface area contributed by atoms with E-state index in [2.05, 4.69) is 14.9 Å². The van der Waals surface area contributed by atoms with Gasteiger partial charge in [0.1, 0.15) is 23.4 Å². The minimum atomic E-state index is -0.615. The van der Waals surface area contributed by atoms with E-state index in [0.29, 0.717) is 37.6 Å². The van der Waals surface area contributed by atoms with Crippen molar-refractivity contribution in [2.24, 2.45) is 0 Å². The van der Waals surface area contributed by atoms with Gasteiger partial charge in [-0.2, -0.15) is 0 Å². The number of anilines is 2. The van der Waals surface area contributed by atoms with Crippen molar-refractivity contribution in [3.63, 3.8) is 0 Å². The number of piperazine rings is 1. The Kier molecular flexibility index (Phi) is 5.80. The summed E-state index contributed by atoms with van der Waals surface area (Å²) in [6, 6.07) is 8.76. The molecule has 8 nitrogen and oxygen atoms in total. The Labute approximate surface area is 182 Å². The molecule has 0 saturated carbocycles. The smallest absolute Gasteiger partial charge is 0.268 e. The van der Waals surface area contributed by atoms with Gasteiger partial charge in [0.15, 0.2) is 6.10 Å². The first kappa shape index (κ1) is 21.1. The lowest BCUT2D eigenvalue weighted by atomic mass is 10.1. The maximum absolute atomic E-state index is 13.3. The fourth-order valence-electron chi connectivity index (χ4n) is 4.17. The molecule has 31 heavy (non-hydrogen) atoms. The van der Waals surface area contributed by atoms with E-state index < -0.39 is 12.1 Å². The lowest BCUT2D eigenvalue weighted by molar-refractivity contribution is -0.136. The van der Waals surface area contributed by atoms with E-state index in [1.807, 2.05) is 49.1 Å². The number of rotatable bonds is 4. The molecule has 2 aliphatic rings. The largest absolute Gasteiger partial charge is 0.479 e. The van der Waals surface area contributed by atoms with Crippen molar-refractivity contribution >= 4 is 23.3 Å². The van der Waals surface area contributed by atoms with E-state index >= 15 is 0 Å². The Morgan fingerprint density at radius 1 is 1.19 bits per heavy atom. The Morgan fingerprint density at radius 3 is 2.61 bits per heavy atom. The van der Waals surface area contributed by atoms with Gasteiger partial charge in [0.2, 0.25) is 5.91 Å². The van der Waals surface area contributed by atoms with Crippen molar-refractivity contribution in [1.29, 1.82) is 0 Å². The summed E-state index contributed by atoms with van der Waals surface area (Å²) in [5.41, 5.74) is 1.60. The van der Waals surface area contributed by atoms with Crippen LogP contribution in [0.15, 0.2) is 30.3 Å². The van der Waals surface area contributed by atoms with Gasteiger partial charge < -0.3 is 14.5 Å². The second-order valence-electron chi connectivity index (χ2n) is 8.06. The molecule has 0 spiro atoms. The number of carbonyl (C=O) groups excluding carboxylic acids is 2. The fourth-order valence-corrected chi connectivity index (χ4v) is 4.17. The average molecular weight is 424 g/mol. The van der Waals surface area contributed by atoms with Crippen LogP contribution in [0.3, 0.4) is 0 Å². The van der Waals surface area contributed by atoms with Crippen LogP contribution in [-0.2, 0) is 16.0 Å². The van der Waals surface area contributed by atoms with Crippen LogP contribution < -0.4 is 14.5 Å². The Balaban J connectivity index is 1.46. The van der Waals surface area contributed by atoms with Gasteiger partial charge in [-0.1, -0.05) is 19.1 Å². The highest BCUT2D eigenvalue weighted by molar-refractivity contribution is 6.05. The number of benzene rings is 1. The van der Waals surface area contributed by atoms with Crippen LogP contribution in [-0.4, -0.2) is 65.0 Å². The molecule has 2 aliphatic heterocycles. The normalized spacial score (nSPS) is 19.7. The van der Waals surface area contributed by atoms with Crippen molar-refractivity contribution < 1.29 is 14.3 Å². The maximum Gasteiger partial charge on any atom is 0.268 e. The van der Waals surface area contributed by atoms with Crippen LogP contribution in [0.5, 0.6) is 5.75 Å². The molecule has 1 aromatic carbocycles. The lowest BCUT2D eigenvalue weighted by Gasteiger charge is -2.40. The molecule has 2 unspecified atom stereocenters. The summed E-state index contributed by atoms with van der Waals surface area (Å²) in [5.74, 6) is 2.13. The number of aryl methyl sites for hydroxylation is 2. The molecule has 0 radical (unpaired) electrons. The number of hydrogen-bond acceptors (Lipinski definition) is 6. The second-order valence-corrected chi connectivity index (χ2v) is 8.06. The van der Waals surface area contributed by atoms with Crippen LogP contribution in [0.4, 0.5) is 11.5 Å². The maximum atomic E-state index is 13.3. The predicted octanol–water partition coefficient (Wildman–Crippen LogP) is 2.20. The molecule has 2 aromatic rings. The molecule has 164 valence electrons. The number of carbonyl (C=O) groups is 2. The lowest BCUT2D eigenvalue weighted by Crippen LogP contribution is -2.58. The molecule has 2 atom stereocenters. The van der Waals surface area contributed by atoms with Crippen LogP contribution in [0, 0.1) is 6.92 Å². The van der Waals surface area contributed by atoms with Gasteiger partial charge in [0.25, 0.3) is 5.91 Å². The van der Waals surface area contributed by atoms with Crippen molar-refractivity contribution in [2.45, 2.75) is 46.3 Å². The highest BCUT2D eigenvalue weighted by atomic mass is 16.5. The van der Waals surface area contributed by atoms with Crippen LogP contribution in [0.2, 0.25) is 0 Å². The average Bonchev–Trinajstić information content (AvgIpc) is 2.78. The number of aromatic nitrogens is 2. The standard InChI is InChI=1S/C23H29N5O3/c1-5-20-24-15(2)14-21(25-20)26-10-12-27(13-11-26)22(29)16(3)28-18-8-6-7-9-19(18)31-17(4)23(28)30/h6-9,14,16-17H,5,10-13H2,1-4H3. The van der Waals surface area contributed by atoms with Gasteiger partial charge >= 0.3 is 0 Å². The summed E-state index contributed by atoms with van der Waals surface area (Å²) >= 11 is 0. The van der Waals surface area contributed by atoms with Gasteiger partial charge in [-0.05, 0) is 32.9 Å². The molecule has 1 fully saturated rings. The molecule has 0 aliphatic carbocycles. The zero-order chi connectivity index (χ0) is 22.1. The minimum absolute atomic E-state index is 0.0509. The summed E-state index contributed by atoms with van der Waals surface area (Å²) in [6.45, 7) is 10.1. The SMILES string of the molecule is CCc1nc(C)cc(N2CCN(C(=O)C(C)N3C(=O)C(C)Oc4ccccc43)CC2)n1. The quantitative estimate of drug-likeness (QED) is 0.750. The zero-order valence-electron chi connectivity index (χ0n) is 18.5. The van der Waals surface area contributed by atoms with E-state index in [1.165, 1.54) is 0 Å². The third-order valence-corrected chi connectivity index (χ3v) is 5.88. The predicted molar refractivity (Wildman–Crippen MR) is 118 cm³/mol. The number of para-hydroxylation sites is 2. The Morgan fingerprint density at radius 2 is 1.90 bits per heavy atom. The first-order valence-corrected chi connectivity index (χ1v) is 10.9. The molecule has 8 heteroatoms. The number of fused-ring (bicyclic) bond motifs is 1. The molecule has 1 saturated heterocycles. The van der Waals surface area contributed by atoms with E-state index in [4.69, 9.17) is 4.74 Å². The van der Waals surface area contributed by atoms with Crippen molar-refractivity contribution in [1.82, 2.24) is 14.9 Å². The molecule has 3 heterocycles. The summed E-state index contributed by atoms with van der Waals surface area (Å²) < 4.78 is 5.71. The van der Waals surface area contributed by atoms with Gasteiger partial charge in [0, 0.05) is 44.4 Å². The zero-order valence-corrected chi connectivity index (χ0v) is 18.5. The highest BCUT2D eigenvalue weighted by Crippen LogP contribution is 2.35. The van der Waals surface area contributed by atoms with Crippen LogP contribution >= 0.6 is 0 Å². The third-order valence-electron chi connectivity index (χ3n) is 5.88. The monoisotopic (exact) mass is 423 g/mol. The number of nitrogens with zero attached hydrogens (tertiary/aromatic N) is 5. The topological polar surface area (TPSA) is 78.9 Å². The second kappa shape index (κ2) is 8.53. The summed E-state index contributed by atoms with van der Waals surface area (Å²) in [7, 11) is 0. The highest BCUT2D eigenvalue weighted by Gasteiger charge is 2.38. The van der Waals surface area contributed by atoms with Gasteiger partial charge in [-0.15, -0.1) is 0 Å². The summed E-state index contributed by atoms with van der Waals surface area (Å²) in [4.78, 5) is 40.9. The molecule has 1 aromatic heterocycles. The number of hydrogen-bond donors (Lipinski definition) is 0. The molecule has 2 amide bonds. The first-order valence-electron chi connectivity index (χ1n) is 10.9. The Bertz CT molecular complexity index is 987. The third kappa shape index (κ3) is 4.06. The minimum Gasteiger partial charge on any atom is -0.479 e. The molecule has 4 rings (SSSR count). The van der Waals surface area contributed by atoms with E-state index in [0.717, 1.165) is 23.8 Å². The number of ether oxygens (including phenoxy) is 1. The Hall–Kier alpha value is -3.16. The summed E-state index contributed by atoms with van der Waals surface area (Å²) in [5, 5.41) is 0. The molecular formula is C23H29N5O3. The molecular weight excluding hydrogens is 394 g/mol. The van der Waals surface area contributed by atoms with Crippen molar-refractivity contribution in [2.75, 3.05) is 36.0 Å². The fraction of sp³-hybridized carbons (Fsp3) is 0.478. The van der Waals surface area contributed by atoms with Crippen LogP contribution in [0.25, 0.3) is 0 Å². The molecule has 0 bridgehead atoms. The van der Waals surface area contributed by atoms with Crippen molar-refractivity contribution in [3.8, 4) is 5.75 Å². The molecule has 0 N–H and O–H groups in total.